The van der Waals surface area contributed by atoms with E-state index in [2.05, 4.69) is 9.84 Å². The van der Waals surface area contributed by atoms with Crippen molar-refractivity contribution in [1.82, 2.24) is 5.32 Å². The number of benzene rings is 1. The van der Waals surface area contributed by atoms with E-state index in [1.165, 1.54) is 24.3 Å². The Hall–Kier alpha value is -1.93. The maximum atomic E-state index is 11.1. The van der Waals surface area contributed by atoms with Gasteiger partial charge in [0.05, 0.1) is 6.54 Å². The topological polar surface area (TPSA) is 159 Å². The summed E-state index contributed by atoms with van der Waals surface area (Å²) >= 11 is 0. The molecule has 0 aliphatic rings. The van der Waals surface area contributed by atoms with Crippen LogP contribution in [0.5, 0.6) is 5.75 Å². The fourth-order valence-corrected chi connectivity index (χ4v) is 1.91. The Labute approximate surface area is 120 Å². The first-order valence-corrected chi connectivity index (χ1v) is 7.30. The Kier molecular flexibility index (Phi) is 5.86. The number of rotatable bonds is 7. The van der Waals surface area contributed by atoms with Crippen LogP contribution in [0.4, 0.5) is 0 Å². The Morgan fingerprint density at radius 1 is 1.29 bits per heavy atom. The van der Waals surface area contributed by atoms with Crippen LogP contribution in [0, 0.1) is 0 Å². The van der Waals surface area contributed by atoms with Crippen LogP contribution in [0.3, 0.4) is 0 Å². The average Bonchev–Trinajstić information content (AvgIpc) is 2.38. The monoisotopic (exact) mass is 318 g/mol. The highest BCUT2D eigenvalue weighted by Crippen LogP contribution is 2.37. The number of phosphoric ester groups is 1. The molecule has 6 N–H and O–H groups in total. The predicted molar refractivity (Wildman–Crippen MR) is 71.4 cm³/mol. The molecule has 116 valence electrons. The molecular weight excluding hydrogens is 303 g/mol. The van der Waals surface area contributed by atoms with Gasteiger partial charge in [-0.2, -0.15) is 0 Å². The van der Waals surface area contributed by atoms with Crippen molar-refractivity contribution >= 4 is 19.7 Å². The van der Waals surface area contributed by atoms with Crippen LogP contribution in [-0.4, -0.2) is 39.4 Å². The molecule has 0 aliphatic heterocycles. The second-order valence-electron chi connectivity index (χ2n) is 4.09. The van der Waals surface area contributed by atoms with Crippen molar-refractivity contribution in [3.8, 4) is 5.75 Å². The molecule has 0 saturated carbocycles. The zero-order valence-electron chi connectivity index (χ0n) is 10.8. The van der Waals surface area contributed by atoms with Crippen molar-refractivity contribution in [3.05, 3.63) is 29.8 Å². The minimum absolute atomic E-state index is 0.00271. The molecule has 0 radical (unpaired) electrons. The van der Waals surface area contributed by atoms with Crippen molar-refractivity contribution in [3.63, 3.8) is 0 Å². The van der Waals surface area contributed by atoms with Gasteiger partial charge in [-0.05, 0) is 17.7 Å². The van der Waals surface area contributed by atoms with Crippen LogP contribution in [0.15, 0.2) is 24.3 Å². The lowest BCUT2D eigenvalue weighted by Crippen LogP contribution is -2.44. The zero-order valence-corrected chi connectivity index (χ0v) is 11.7. The summed E-state index contributed by atoms with van der Waals surface area (Å²) < 4.78 is 15.0. The van der Waals surface area contributed by atoms with E-state index in [0.717, 1.165) is 0 Å². The summed E-state index contributed by atoms with van der Waals surface area (Å²) in [6, 6.07) is 4.32. The molecule has 0 heterocycles. The minimum atomic E-state index is -4.63. The van der Waals surface area contributed by atoms with Gasteiger partial charge in [-0.15, -0.1) is 0 Å². The van der Waals surface area contributed by atoms with Gasteiger partial charge in [0.2, 0.25) is 5.91 Å². The highest BCUT2D eigenvalue weighted by atomic mass is 31.2. The number of nitrogens with two attached hydrogens (primary N) is 1. The molecule has 1 rings (SSSR count). The highest BCUT2D eigenvalue weighted by Gasteiger charge is 2.20. The number of nitrogens with one attached hydrogen (secondary N) is 1. The molecule has 0 saturated heterocycles. The molecule has 1 aromatic carbocycles. The van der Waals surface area contributed by atoms with E-state index in [4.69, 9.17) is 20.6 Å². The Morgan fingerprint density at radius 3 is 2.29 bits per heavy atom. The molecular formula is C11H15N2O7P. The summed E-state index contributed by atoms with van der Waals surface area (Å²) in [6.45, 7) is -0.321. The summed E-state index contributed by atoms with van der Waals surface area (Å²) in [4.78, 5) is 39.4. The van der Waals surface area contributed by atoms with E-state index in [1.807, 2.05) is 0 Å². The average molecular weight is 318 g/mol. The first-order chi connectivity index (χ1) is 9.71. The predicted octanol–water partition coefficient (Wildman–Crippen LogP) is -0.771. The van der Waals surface area contributed by atoms with Gasteiger partial charge in [0.25, 0.3) is 0 Å². The number of aliphatic carboxylic acids is 1. The second kappa shape index (κ2) is 7.19. The van der Waals surface area contributed by atoms with Gasteiger partial charge in [0.1, 0.15) is 11.8 Å². The highest BCUT2D eigenvalue weighted by molar-refractivity contribution is 7.46. The molecule has 1 atom stereocenters. The van der Waals surface area contributed by atoms with Crippen molar-refractivity contribution < 1.29 is 33.6 Å². The number of phosphoric acid groups is 1. The van der Waals surface area contributed by atoms with E-state index < -0.39 is 25.7 Å². The molecule has 0 fully saturated rings. The van der Waals surface area contributed by atoms with Gasteiger partial charge in [0.15, 0.2) is 0 Å². The standard InChI is InChI=1S/C11H15N2O7P/c12-6-10(14)13-9(11(15)16)5-7-1-3-8(4-2-7)20-21(17,18)19/h1-4,9H,5-6,12H2,(H,13,14)(H,15,16)(H2,17,18,19)/t9-/m0/s1. The van der Waals surface area contributed by atoms with Crippen LogP contribution in [0.25, 0.3) is 0 Å². The van der Waals surface area contributed by atoms with Crippen molar-refractivity contribution in [1.29, 1.82) is 0 Å². The largest absolute Gasteiger partial charge is 0.524 e. The van der Waals surface area contributed by atoms with Gasteiger partial charge < -0.3 is 20.7 Å². The first kappa shape index (κ1) is 17.1. The van der Waals surface area contributed by atoms with Crippen molar-refractivity contribution in [2.24, 2.45) is 5.73 Å². The maximum absolute atomic E-state index is 11.1. The van der Waals surface area contributed by atoms with Crippen LogP contribution < -0.4 is 15.6 Å². The number of hydrogen-bond donors (Lipinski definition) is 5. The molecule has 9 nitrogen and oxygen atoms in total. The molecule has 21 heavy (non-hydrogen) atoms. The molecule has 0 aliphatic carbocycles. The van der Waals surface area contributed by atoms with E-state index >= 15 is 0 Å². The first-order valence-electron chi connectivity index (χ1n) is 5.77. The summed E-state index contributed by atoms with van der Waals surface area (Å²) in [5.41, 5.74) is 5.64. The van der Waals surface area contributed by atoms with Gasteiger partial charge in [-0.25, -0.2) is 9.36 Å². The summed E-state index contributed by atoms with van der Waals surface area (Å²) in [5.74, 6) is -1.86. The lowest BCUT2D eigenvalue weighted by molar-refractivity contribution is -0.141. The Balaban J connectivity index is 2.74. The normalized spacial score (nSPS) is 12.5. The smallest absolute Gasteiger partial charge is 0.480 e. The fourth-order valence-electron chi connectivity index (χ4n) is 1.51. The number of amides is 1. The molecule has 0 spiro atoms. The van der Waals surface area contributed by atoms with E-state index in [9.17, 15) is 14.2 Å². The van der Waals surface area contributed by atoms with Crippen molar-refractivity contribution in [2.75, 3.05) is 6.54 Å². The summed E-state index contributed by atoms with van der Waals surface area (Å²) in [5, 5.41) is 11.3. The summed E-state index contributed by atoms with van der Waals surface area (Å²) in [7, 11) is -4.63. The zero-order chi connectivity index (χ0) is 16.0. The van der Waals surface area contributed by atoms with Gasteiger partial charge in [0, 0.05) is 6.42 Å². The lowest BCUT2D eigenvalue weighted by atomic mass is 10.1. The molecule has 1 amide bonds. The third-order valence-electron chi connectivity index (χ3n) is 2.41. The van der Waals surface area contributed by atoms with Crippen LogP contribution in [0.2, 0.25) is 0 Å². The number of carbonyl (C=O) groups is 2. The Morgan fingerprint density at radius 2 is 1.86 bits per heavy atom. The molecule has 10 heteroatoms. The lowest BCUT2D eigenvalue weighted by Gasteiger charge is -2.14. The van der Waals surface area contributed by atoms with E-state index in [1.54, 1.807) is 0 Å². The molecule has 0 unspecified atom stereocenters. The molecule has 0 bridgehead atoms. The minimum Gasteiger partial charge on any atom is -0.480 e. The van der Waals surface area contributed by atoms with Crippen LogP contribution in [0.1, 0.15) is 5.56 Å². The number of carboxylic acid groups (broad SMARTS) is 1. The SMILES string of the molecule is NCC(=O)N[C@@H](Cc1ccc(OP(=O)(O)O)cc1)C(=O)O. The van der Waals surface area contributed by atoms with E-state index in [-0.39, 0.29) is 18.7 Å². The second-order valence-corrected chi connectivity index (χ2v) is 5.26. The Bertz CT molecular complexity index is 554. The van der Waals surface area contributed by atoms with E-state index in [0.29, 0.717) is 5.56 Å². The van der Waals surface area contributed by atoms with Crippen molar-refractivity contribution in [2.45, 2.75) is 12.5 Å². The quantitative estimate of drug-likeness (QED) is 0.410. The third-order valence-corrected chi connectivity index (χ3v) is 2.85. The van der Waals surface area contributed by atoms with Gasteiger partial charge in [-0.3, -0.25) is 14.6 Å². The van der Waals surface area contributed by atoms with Gasteiger partial charge in [-0.1, -0.05) is 12.1 Å². The molecule has 0 aromatic heterocycles. The number of hydrogen-bond acceptors (Lipinski definition) is 5. The van der Waals surface area contributed by atoms with Crippen LogP contribution in [-0.2, 0) is 20.6 Å². The number of carboxylic acids is 1. The summed E-state index contributed by atoms with van der Waals surface area (Å²) in [6.07, 6.45) is -0.00271. The maximum Gasteiger partial charge on any atom is 0.524 e. The number of carbonyl (C=O) groups excluding carboxylic acids is 1. The van der Waals surface area contributed by atoms with Gasteiger partial charge >= 0.3 is 13.8 Å². The molecule has 1 aromatic rings. The third kappa shape index (κ3) is 6.37. The van der Waals surface area contributed by atoms with Crippen LogP contribution >= 0.6 is 7.82 Å². The fraction of sp³-hybridized carbons (Fsp3) is 0.273.